The van der Waals surface area contributed by atoms with Gasteiger partial charge in [-0.05, 0) is 0 Å². The molecule has 6 nitrogen and oxygen atoms in total. The van der Waals surface area contributed by atoms with Gasteiger partial charge in [-0.1, -0.05) is 0 Å². The van der Waals surface area contributed by atoms with Crippen molar-refractivity contribution >= 4 is 10.4 Å². The summed E-state index contributed by atoms with van der Waals surface area (Å²) in [5.74, 6) is 0. The van der Waals surface area contributed by atoms with Gasteiger partial charge in [0.1, 0.15) is 0 Å². The summed E-state index contributed by atoms with van der Waals surface area (Å²) in [7, 11) is -4.67. The molecular weight excluding hydrogens is 136 g/mol. The highest BCUT2D eigenvalue weighted by Gasteiger charge is 1.84. The molecule has 48 valence electrons. The molecule has 0 aromatic rings. The SMILES string of the molecule is N#CN.O=S(=O)(O)O. The van der Waals surface area contributed by atoms with Crippen molar-refractivity contribution in [3.63, 3.8) is 0 Å². The quantitative estimate of drug-likeness (QED) is 0.220. The average molecular weight is 140 g/mol. The molecule has 0 rings (SSSR count). The normalized spacial score (nSPS) is 8.12. The Bertz CT molecular complexity index is 155. The van der Waals surface area contributed by atoms with Crippen molar-refractivity contribution in [1.29, 1.82) is 5.26 Å². The van der Waals surface area contributed by atoms with Crippen LogP contribution in [0.4, 0.5) is 0 Å². The molecule has 0 aliphatic carbocycles. The van der Waals surface area contributed by atoms with Crippen LogP contribution in [-0.4, -0.2) is 17.5 Å². The lowest BCUT2D eigenvalue weighted by atomic mass is 11.5. The van der Waals surface area contributed by atoms with E-state index in [2.05, 4.69) is 5.73 Å². The van der Waals surface area contributed by atoms with Crippen LogP contribution in [0.25, 0.3) is 0 Å². The van der Waals surface area contributed by atoms with Gasteiger partial charge in [0.2, 0.25) is 0 Å². The van der Waals surface area contributed by atoms with Crippen molar-refractivity contribution in [3.8, 4) is 6.19 Å². The zero-order chi connectivity index (χ0) is 7.21. The Labute approximate surface area is 46.1 Å². The zero-order valence-corrected chi connectivity index (χ0v) is 4.46. The summed E-state index contributed by atoms with van der Waals surface area (Å²) in [5, 5.41) is 7.10. The molecule has 0 amide bonds. The molecular formula is CH4N2O4S. The van der Waals surface area contributed by atoms with Gasteiger partial charge in [-0.25, -0.2) is 0 Å². The smallest absolute Gasteiger partial charge is 0.337 e. The van der Waals surface area contributed by atoms with Gasteiger partial charge in [0.15, 0.2) is 6.19 Å². The van der Waals surface area contributed by atoms with E-state index in [4.69, 9.17) is 22.8 Å². The Morgan fingerprint density at radius 3 is 1.50 bits per heavy atom. The molecule has 0 unspecified atom stereocenters. The van der Waals surface area contributed by atoms with Crippen LogP contribution in [0.1, 0.15) is 0 Å². The first-order valence-corrected chi connectivity index (χ1v) is 2.61. The highest BCUT2D eigenvalue weighted by atomic mass is 32.3. The van der Waals surface area contributed by atoms with E-state index in [9.17, 15) is 0 Å². The minimum absolute atomic E-state index is 1.25. The summed E-state index contributed by atoms with van der Waals surface area (Å²) in [6.45, 7) is 0. The number of nitrogens with zero attached hydrogens (tertiary/aromatic N) is 1. The van der Waals surface area contributed by atoms with E-state index in [1.54, 1.807) is 0 Å². The van der Waals surface area contributed by atoms with Gasteiger partial charge in [0, 0.05) is 0 Å². The van der Waals surface area contributed by atoms with Crippen LogP contribution in [0.15, 0.2) is 0 Å². The highest BCUT2D eigenvalue weighted by molar-refractivity contribution is 7.79. The van der Waals surface area contributed by atoms with E-state index in [-0.39, 0.29) is 0 Å². The Morgan fingerprint density at radius 1 is 1.50 bits per heavy atom. The Kier molecular flexibility index (Phi) is 5.51. The van der Waals surface area contributed by atoms with Gasteiger partial charge in [0.05, 0.1) is 0 Å². The van der Waals surface area contributed by atoms with Crippen molar-refractivity contribution < 1.29 is 17.5 Å². The molecule has 0 saturated heterocycles. The molecule has 0 fully saturated rings. The number of hydrogen-bond donors (Lipinski definition) is 3. The largest absolute Gasteiger partial charge is 0.394 e. The van der Waals surface area contributed by atoms with E-state index in [0.29, 0.717) is 0 Å². The topological polar surface area (TPSA) is 124 Å². The number of nitrogens with two attached hydrogens (primary N) is 1. The van der Waals surface area contributed by atoms with E-state index in [0.717, 1.165) is 0 Å². The molecule has 0 aromatic carbocycles. The number of nitriles is 1. The van der Waals surface area contributed by atoms with Crippen LogP contribution in [-0.2, 0) is 10.4 Å². The third-order valence-corrected chi connectivity index (χ3v) is 0. The molecule has 0 aromatic heterocycles. The standard InChI is InChI=1S/CH2N2.H2O4S/c2-1-3;1-5(2,3)4/h2H2;(H2,1,2,3,4). The van der Waals surface area contributed by atoms with Gasteiger partial charge >= 0.3 is 10.4 Å². The van der Waals surface area contributed by atoms with Crippen LogP contribution in [0, 0.1) is 11.5 Å². The van der Waals surface area contributed by atoms with Crippen LogP contribution in [0.2, 0.25) is 0 Å². The fraction of sp³-hybridized carbons (Fsp3) is 0. The first kappa shape index (κ1) is 10.2. The van der Waals surface area contributed by atoms with Crippen LogP contribution < -0.4 is 5.73 Å². The molecule has 0 atom stereocenters. The molecule has 7 heteroatoms. The Balaban J connectivity index is 0. The summed E-state index contributed by atoms with van der Waals surface area (Å²) < 4.78 is 31.6. The second-order valence-corrected chi connectivity index (χ2v) is 1.47. The summed E-state index contributed by atoms with van der Waals surface area (Å²) in [5.41, 5.74) is 4.15. The third-order valence-electron chi connectivity index (χ3n) is 0. The Hall–Kier alpha value is -0.840. The molecule has 0 aliphatic heterocycles. The van der Waals surface area contributed by atoms with Crippen molar-refractivity contribution in [2.45, 2.75) is 0 Å². The van der Waals surface area contributed by atoms with Gasteiger partial charge in [-0.15, -0.1) is 0 Å². The monoisotopic (exact) mass is 140 g/mol. The first-order chi connectivity index (χ1) is 3.41. The fourth-order valence-corrected chi connectivity index (χ4v) is 0. The van der Waals surface area contributed by atoms with E-state index in [1.165, 1.54) is 6.19 Å². The van der Waals surface area contributed by atoms with Crippen molar-refractivity contribution in [1.82, 2.24) is 0 Å². The predicted molar refractivity (Wildman–Crippen MR) is 24.0 cm³/mol. The molecule has 0 radical (unpaired) electrons. The summed E-state index contributed by atoms with van der Waals surface area (Å²) in [6, 6.07) is 0. The lowest BCUT2D eigenvalue weighted by Crippen LogP contribution is -1.89. The van der Waals surface area contributed by atoms with Gasteiger partial charge in [0.25, 0.3) is 0 Å². The lowest BCUT2D eigenvalue weighted by Gasteiger charge is -1.68. The summed E-state index contributed by atoms with van der Waals surface area (Å²) in [4.78, 5) is 0. The zero-order valence-electron chi connectivity index (χ0n) is 3.64. The van der Waals surface area contributed by atoms with Gasteiger partial charge < -0.3 is 5.73 Å². The maximum atomic E-state index is 8.74. The van der Waals surface area contributed by atoms with Crippen molar-refractivity contribution in [3.05, 3.63) is 0 Å². The van der Waals surface area contributed by atoms with E-state index >= 15 is 0 Å². The van der Waals surface area contributed by atoms with Crippen LogP contribution in [0.3, 0.4) is 0 Å². The average Bonchev–Trinajstić information content (AvgIpc) is 1.27. The van der Waals surface area contributed by atoms with Crippen LogP contribution in [0.5, 0.6) is 0 Å². The van der Waals surface area contributed by atoms with Crippen molar-refractivity contribution in [2.75, 3.05) is 0 Å². The lowest BCUT2D eigenvalue weighted by molar-refractivity contribution is 0.381. The van der Waals surface area contributed by atoms with Crippen molar-refractivity contribution in [2.24, 2.45) is 5.73 Å². The summed E-state index contributed by atoms with van der Waals surface area (Å²) >= 11 is 0. The Morgan fingerprint density at radius 2 is 1.50 bits per heavy atom. The second kappa shape index (κ2) is 4.32. The second-order valence-electron chi connectivity index (χ2n) is 0.577. The molecule has 0 spiro atoms. The number of rotatable bonds is 0. The van der Waals surface area contributed by atoms with E-state index in [1.807, 2.05) is 0 Å². The first-order valence-electron chi connectivity index (χ1n) is 1.21. The molecule has 0 aliphatic rings. The molecule has 8 heavy (non-hydrogen) atoms. The minimum atomic E-state index is -4.67. The predicted octanol–water partition coefficient (Wildman–Crippen LogP) is -1.23. The van der Waals surface area contributed by atoms with Crippen LogP contribution >= 0.6 is 0 Å². The number of hydrogen-bond acceptors (Lipinski definition) is 4. The maximum Gasteiger partial charge on any atom is 0.394 e. The van der Waals surface area contributed by atoms with Gasteiger partial charge in [-0.3, -0.25) is 9.11 Å². The molecule has 0 bridgehead atoms. The molecule has 4 N–H and O–H groups in total. The fourth-order valence-electron chi connectivity index (χ4n) is 0. The molecule has 0 saturated carbocycles. The molecule has 0 heterocycles. The highest BCUT2D eigenvalue weighted by Crippen LogP contribution is 1.59. The maximum absolute atomic E-state index is 8.74. The minimum Gasteiger partial charge on any atom is -0.337 e. The third kappa shape index (κ3) is 127. The van der Waals surface area contributed by atoms with Gasteiger partial charge in [-0.2, -0.15) is 13.7 Å². The summed E-state index contributed by atoms with van der Waals surface area (Å²) in [6.07, 6.45) is 1.25. The van der Waals surface area contributed by atoms with E-state index < -0.39 is 10.4 Å².